The van der Waals surface area contributed by atoms with Crippen molar-refractivity contribution in [3.05, 3.63) is 42.0 Å². The van der Waals surface area contributed by atoms with Crippen LogP contribution < -0.4 is 5.73 Å². The number of hydrogen-bond donors (Lipinski definition) is 1. The average molecular weight is 190 g/mol. The zero-order valence-corrected chi connectivity index (χ0v) is 8.69. The summed E-state index contributed by atoms with van der Waals surface area (Å²) in [7, 11) is 2.07. The van der Waals surface area contributed by atoms with Gasteiger partial charge in [-0.1, -0.05) is 42.5 Å². The highest BCUT2D eigenvalue weighted by Gasteiger charge is 1.91. The van der Waals surface area contributed by atoms with Gasteiger partial charge in [0.1, 0.15) is 0 Å². The summed E-state index contributed by atoms with van der Waals surface area (Å²) in [6.07, 6.45) is 4.29. The van der Waals surface area contributed by atoms with Crippen molar-refractivity contribution in [1.29, 1.82) is 0 Å². The van der Waals surface area contributed by atoms with Crippen LogP contribution in [0.3, 0.4) is 0 Å². The van der Waals surface area contributed by atoms with E-state index in [9.17, 15) is 0 Å². The lowest BCUT2D eigenvalue weighted by atomic mass is 10.2. The quantitative estimate of drug-likeness (QED) is 0.764. The molecule has 2 heteroatoms. The van der Waals surface area contributed by atoms with E-state index in [1.165, 1.54) is 5.56 Å². The van der Waals surface area contributed by atoms with E-state index in [2.05, 4.69) is 36.2 Å². The summed E-state index contributed by atoms with van der Waals surface area (Å²) in [5.74, 6) is 0. The Kier molecular flexibility index (Phi) is 4.97. The van der Waals surface area contributed by atoms with E-state index in [-0.39, 0.29) is 0 Å². The normalized spacial score (nSPS) is 11.4. The third kappa shape index (κ3) is 4.21. The molecule has 1 aromatic carbocycles. The molecule has 0 amide bonds. The molecule has 14 heavy (non-hydrogen) atoms. The fourth-order valence-corrected chi connectivity index (χ4v) is 1.24. The third-order valence-corrected chi connectivity index (χ3v) is 2.04. The number of rotatable bonds is 5. The fraction of sp³-hybridized carbons (Fsp3) is 0.333. The standard InChI is InChI=1S/C12H18N2/c1-14(11-9-13)10-5-8-12-6-3-2-4-7-12/h2-8H,9-11,13H2,1H3. The largest absolute Gasteiger partial charge is 0.329 e. The summed E-state index contributed by atoms with van der Waals surface area (Å²) in [5.41, 5.74) is 6.69. The number of benzene rings is 1. The van der Waals surface area contributed by atoms with Crippen LogP contribution in [0.5, 0.6) is 0 Å². The van der Waals surface area contributed by atoms with Gasteiger partial charge in [-0.3, -0.25) is 0 Å². The van der Waals surface area contributed by atoms with Crippen molar-refractivity contribution in [2.75, 3.05) is 26.7 Å². The molecule has 0 bridgehead atoms. The molecule has 1 rings (SSSR count). The van der Waals surface area contributed by atoms with Crippen molar-refractivity contribution in [3.63, 3.8) is 0 Å². The zero-order chi connectivity index (χ0) is 10.2. The smallest absolute Gasteiger partial charge is 0.0163 e. The number of likely N-dealkylation sites (N-methyl/N-ethyl adjacent to an activating group) is 1. The zero-order valence-electron chi connectivity index (χ0n) is 8.69. The van der Waals surface area contributed by atoms with Crippen LogP contribution in [0.4, 0.5) is 0 Å². The van der Waals surface area contributed by atoms with E-state index in [0.717, 1.165) is 19.6 Å². The number of nitrogens with two attached hydrogens (primary N) is 1. The molecule has 0 saturated carbocycles. The first-order chi connectivity index (χ1) is 6.83. The maximum atomic E-state index is 5.45. The Bertz CT molecular complexity index is 267. The van der Waals surface area contributed by atoms with Crippen LogP contribution in [0, 0.1) is 0 Å². The molecular weight excluding hydrogens is 172 g/mol. The first-order valence-corrected chi connectivity index (χ1v) is 4.93. The van der Waals surface area contributed by atoms with Crippen LogP contribution in [-0.4, -0.2) is 31.6 Å². The second-order valence-electron chi connectivity index (χ2n) is 3.36. The maximum absolute atomic E-state index is 5.45. The Morgan fingerprint density at radius 2 is 2.00 bits per heavy atom. The molecule has 0 atom stereocenters. The lowest BCUT2D eigenvalue weighted by molar-refractivity contribution is 0.381. The third-order valence-electron chi connectivity index (χ3n) is 2.04. The van der Waals surface area contributed by atoms with Crippen molar-refractivity contribution in [2.45, 2.75) is 0 Å². The van der Waals surface area contributed by atoms with Gasteiger partial charge in [-0.25, -0.2) is 0 Å². The topological polar surface area (TPSA) is 29.3 Å². The Balaban J connectivity index is 2.34. The van der Waals surface area contributed by atoms with Crippen LogP contribution in [0.15, 0.2) is 36.4 Å². The van der Waals surface area contributed by atoms with Crippen LogP contribution in [0.25, 0.3) is 6.08 Å². The van der Waals surface area contributed by atoms with Crippen LogP contribution >= 0.6 is 0 Å². The molecule has 0 unspecified atom stereocenters. The van der Waals surface area contributed by atoms with Crippen molar-refractivity contribution in [3.8, 4) is 0 Å². The molecule has 76 valence electrons. The van der Waals surface area contributed by atoms with Gasteiger partial charge in [0.2, 0.25) is 0 Å². The lowest BCUT2D eigenvalue weighted by Gasteiger charge is -2.11. The molecule has 0 aliphatic rings. The monoisotopic (exact) mass is 190 g/mol. The molecule has 0 spiro atoms. The average Bonchev–Trinajstić information content (AvgIpc) is 2.20. The molecule has 0 radical (unpaired) electrons. The van der Waals surface area contributed by atoms with Crippen molar-refractivity contribution in [1.82, 2.24) is 4.90 Å². The van der Waals surface area contributed by atoms with Gasteiger partial charge in [0.25, 0.3) is 0 Å². The van der Waals surface area contributed by atoms with E-state index in [0.29, 0.717) is 0 Å². The summed E-state index contributed by atoms with van der Waals surface area (Å²) < 4.78 is 0. The Labute approximate surface area is 86.0 Å². The highest BCUT2D eigenvalue weighted by molar-refractivity contribution is 5.48. The first-order valence-electron chi connectivity index (χ1n) is 4.93. The Hall–Kier alpha value is -1.12. The Morgan fingerprint density at radius 3 is 2.64 bits per heavy atom. The fourth-order valence-electron chi connectivity index (χ4n) is 1.24. The first kappa shape index (κ1) is 11.0. The molecule has 0 aromatic heterocycles. The van der Waals surface area contributed by atoms with Gasteiger partial charge < -0.3 is 10.6 Å². The molecule has 0 fully saturated rings. The van der Waals surface area contributed by atoms with Crippen molar-refractivity contribution >= 4 is 6.08 Å². The SMILES string of the molecule is CN(CC=Cc1ccccc1)CCN. The minimum Gasteiger partial charge on any atom is -0.329 e. The second kappa shape index (κ2) is 6.35. The van der Waals surface area contributed by atoms with E-state index < -0.39 is 0 Å². The highest BCUT2D eigenvalue weighted by atomic mass is 15.1. The minimum atomic E-state index is 0.718. The predicted molar refractivity (Wildman–Crippen MR) is 62.0 cm³/mol. The molecule has 1 aromatic rings. The van der Waals surface area contributed by atoms with Gasteiger partial charge in [0, 0.05) is 19.6 Å². The molecular formula is C12H18N2. The molecule has 0 aliphatic heterocycles. The van der Waals surface area contributed by atoms with Gasteiger partial charge in [-0.2, -0.15) is 0 Å². The molecule has 2 N–H and O–H groups in total. The van der Waals surface area contributed by atoms with Gasteiger partial charge in [0.05, 0.1) is 0 Å². The van der Waals surface area contributed by atoms with E-state index >= 15 is 0 Å². The van der Waals surface area contributed by atoms with Gasteiger partial charge in [0.15, 0.2) is 0 Å². The molecule has 0 heterocycles. The summed E-state index contributed by atoms with van der Waals surface area (Å²) in [6.45, 7) is 2.61. The summed E-state index contributed by atoms with van der Waals surface area (Å²) in [5, 5.41) is 0. The van der Waals surface area contributed by atoms with Crippen molar-refractivity contribution < 1.29 is 0 Å². The van der Waals surface area contributed by atoms with E-state index in [1.54, 1.807) is 0 Å². The second-order valence-corrected chi connectivity index (χ2v) is 3.36. The van der Waals surface area contributed by atoms with Crippen molar-refractivity contribution in [2.24, 2.45) is 5.73 Å². The maximum Gasteiger partial charge on any atom is 0.0163 e. The lowest BCUT2D eigenvalue weighted by Crippen LogP contribution is -2.25. The molecule has 2 nitrogen and oxygen atoms in total. The van der Waals surface area contributed by atoms with Crippen LogP contribution in [-0.2, 0) is 0 Å². The number of hydrogen-bond acceptors (Lipinski definition) is 2. The van der Waals surface area contributed by atoms with E-state index in [1.807, 2.05) is 18.2 Å². The summed E-state index contributed by atoms with van der Waals surface area (Å²) >= 11 is 0. The van der Waals surface area contributed by atoms with Gasteiger partial charge in [-0.15, -0.1) is 0 Å². The predicted octanol–water partition coefficient (Wildman–Crippen LogP) is 1.59. The van der Waals surface area contributed by atoms with Gasteiger partial charge >= 0.3 is 0 Å². The summed E-state index contributed by atoms with van der Waals surface area (Å²) in [6, 6.07) is 10.3. The van der Waals surface area contributed by atoms with Crippen LogP contribution in [0.2, 0.25) is 0 Å². The molecule has 0 aliphatic carbocycles. The van der Waals surface area contributed by atoms with Crippen LogP contribution in [0.1, 0.15) is 5.56 Å². The van der Waals surface area contributed by atoms with Gasteiger partial charge in [-0.05, 0) is 12.6 Å². The Morgan fingerprint density at radius 1 is 1.29 bits per heavy atom. The minimum absolute atomic E-state index is 0.718. The highest BCUT2D eigenvalue weighted by Crippen LogP contribution is 2.00. The van der Waals surface area contributed by atoms with E-state index in [4.69, 9.17) is 5.73 Å². The molecule has 0 saturated heterocycles. The number of nitrogens with zero attached hydrogens (tertiary/aromatic N) is 1. The summed E-state index contributed by atoms with van der Waals surface area (Å²) in [4.78, 5) is 2.19.